The highest BCUT2D eigenvalue weighted by Gasteiger charge is 2.13. The normalized spacial score (nSPS) is 12.3. The number of nitrogens with one attached hydrogen (secondary N) is 1. The van der Waals surface area contributed by atoms with Gasteiger partial charge in [0.05, 0.1) is 4.90 Å². The van der Waals surface area contributed by atoms with Crippen LogP contribution in [0, 0.1) is 0 Å². The van der Waals surface area contributed by atoms with Crippen LogP contribution in [0.3, 0.4) is 0 Å². The zero-order valence-electron chi connectivity index (χ0n) is 9.67. The Balaban J connectivity index is 2.38. The van der Waals surface area contributed by atoms with Crippen LogP contribution < -0.4 is 4.72 Å². The Morgan fingerprint density at radius 2 is 1.72 bits per heavy atom. The van der Waals surface area contributed by atoms with E-state index >= 15 is 0 Å². The Kier molecular flexibility index (Phi) is 2.62. The molecule has 0 spiro atoms. The molecule has 3 aromatic rings. The van der Waals surface area contributed by atoms with Crippen LogP contribution >= 0.6 is 11.3 Å². The molecule has 0 atom stereocenters. The van der Waals surface area contributed by atoms with Gasteiger partial charge in [0.1, 0.15) is 0 Å². The number of benzene rings is 2. The summed E-state index contributed by atoms with van der Waals surface area (Å²) in [5.41, 5.74) is 0. The lowest BCUT2D eigenvalue weighted by molar-refractivity contribution is 0.588. The highest BCUT2D eigenvalue weighted by atomic mass is 32.2. The van der Waals surface area contributed by atoms with Crippen molar-refractivity contribution in [3.8, 4) is 0 Å². The van der Waals surface area contributed by atoms with Crippen LogP contribution in [0.25, 0.3) is 20.2 Å². The molecule has 0 aliphatic heterocycles. The van der Waals surface area contributed by atoms with Gasteiger partial charge >= 0.3 is 0 Å². The number of hydrogen-bond donors (Lipinski definition) is 1. The standard InChI is InChI=1S/C13H11NO2S2/c1-14-18(15,16)9-6-7-13-11(8-9)10-4-2-3-5-12(10)17-13/h2-8,14H,1H3. The van der Waals surface area contributed by atoms with Crippen molar-refractivity contribution >= 4 is 41.5 Å². The summed E-state index contributed by atoms with van der Waals surface area (Å²) in [5, 5.41) is 2.09. The van der Waals surface area contributed by atoms with Gasteiger partial charge in [-0.25, -0.2) is 13.1 Å². The Morgan fingerprint density at radius 1 is 1.00 bits per heavy atom. The molecule has 3 rings (SSSR count). The summed E-state index contributed by atoms with van der Waals surface area (Å²) in [4.78, 5) is 0.307. The minimum atomic E-state index is -3.38. The van der Waals surface area contributed by atoms with E-state index in [0.29, 0.717) is 4.90 Å². The zero-order valence-corrected chi connectivity index (χ0v) is 11.3. The summed E-state index contributed by atoms with van der Waals surface area (Å²) in [6.07, 6.45) is 0. The molecule has 0 fully saturated rings. The molecule has 18 heavy (non-hydrogen) atoms. The third kappa shape index (κ3) is 1.71. The maximum Gasteiger partial charge on any atom is 0.240 e. The molecule has 1 N–H and O–H groups in total. The van der Waals surface area contributed by atoms with Gasteiger partial charge < -0.3 is 0 Å². The first-order valence-electron chi connectivity index (χ1n) is 5.47. The lowest BCUT2D eigenvalue weighted by Gasteiger charge is -2.02. The van der Waals surface area contributed by atoms with Crippen LogP contribution in [-0.2, 0) is 10.0 Å². The lowest BCUT2D eigenvalue weighted by atomic mass is 10.1. The van der Waals surface area contributed by atoms with Crippen molar-refractivity contribution in [2.75, 3.05) is 7.05 Å². The van der Waals surface area contributed by atoms with E-state index in [1.54, 1.807) is 23.5 Å². The largest absolute Gasteiger partial charge is 0.240 e. The van der Waals surface area contributed by atoms with Crippen molar-refractivity contribution in [1.29, 1.82) is 0 Å². The van der Waals surface area contributed by atoms with Gasteiger partial charge in [-0.1, -0.05) is 18.2 Å². The summed E-state index contributed by atoms with van der Waals surface area (Å²) in [5.74, 6) is 0. The molecule has 5 heteroatoms. The molecular formula is C13H11NO2S2. The molecule has 2 aromatic carbocycles. The van der Waals surface area contributed by atoms with Gasteiger partial charge in [-0.3, -0.25) is 0 Å². The molecule has 0 amide bonds. The fourth-order valence-electron chi connectivity index (χ4n) is 1.99. The first kappa shape index (κ1) is 11.6. The minimum absolute atomic E-state index is 0.307. The van der Waals surface area contributed by atoms with Crippen LogP contribution in [0.1, 0.15) is 0 Å². The zero-order chi connectivity index (χ0) is 12.8. The van der Waals surface area contributed by atoms with Gasteiger partial charge in [0.25, 0.3) is 0 Å². The Labute approximate surface area is 109 Å². The van der Waals surface area contributed by atoms with E-state index in [1.165, 1.54) is 11.7 Å². The smallest absolute Gasteiger partial charge is 0.214 e. The first-order valence-corrected chi connectivity index (χ1v) is 7.76. The van der Waals surface area contributed by atoms with Crippen molar-refractivity contribution in [2.45, 2.75) is 4.90 Å². The first-order chi connectivity index (χ1) is 8.62. The van der Waals surface area contributed by atoms with E-state index in [1.807, 2.05) is 30.3 Å². The maximum atomic E-state index is 11.8. The van der Waals surface area contributed by atoms with E-state index in [4.69, 9.17) is 0 Å². The Morgan fingerprint density at radius 3 is 2.50 bits per heavy atom. The number of fused-ring (bicyclic) bond motifs is 3. The molecule has 0 bridgehead atoms. The van der Waals surface area contributed by atoms with Crippen LogP contribution in [0.2, 0.25) is 0 Å². The van der Waals surface area contributed by atoms with E-state index in [0.717, 1.165) is 15.5 Å². The molecular weight excluding hydrogens is 266 g/mol. The second kappa shape index (κ2) is 4.05. The predicted octanol–water partition coefficient (Wildman–Crippen LogP) is 2.96. The van der Waals surface area contributed by atoms with E-state index < -0.39 is 10.0 Å². The molecule has 0 radical (unpaired) electrons. The molecule has 1 heterocycles. The molecule has 0 unspecified atom stereocenters. The Bertz CT molecular complexity index is 834. The average molecular weight is 277 g/mol. The van der Waals surface area contributed by atoms with Crippen LogP contribution in [0.5, 0.6) is 0 Å². The summed E-state index contributed by atoms with van der Waals surface area (Å²) in [6.45, 7) is 0. The second-order valence-corrected chi connectivity index (χ2v) is 6.93. The maximum absolute atomic E-state index is 11.8. The fraction of sp³-hybridized carbons (Fsp3) is 0.0769. The van der Waals surface area contributed by atoms with Crippen LogP contribution in [0.4, 0.5) is 0 Å². The SMILES string of the molecule is CNS(=O)(=O)c1ccc2sc3ccccc3c2c1. The van der Waals surface area contributed by atoms with Crippen molar-refractivity contribution in [1.82, 2.24) is 4.72 Å². The Hall–Kier alpha value is -1.43. The number of sulfonamides is 1. The summed E-state index contributed by atoms with van der Waals surface area (Å²) in [6, 6.07) is 13.3. The topological polar surface area (TPSA) is 46.2 Å². The van der Waals surface area contributed by atoms with Crippen molar-refractivity contribution in [3.63, 3.8) is 0 Å². The fourth-order valence-corrected chi connectivity index (χ4v) is 3.83. The molecule has 1 aromatic heterocycles. The van der Waals surface area contributed by atoms with Gasteiger partial charge in [0.2, 0.25) is 10.0 Å². The number of rotatable bonds is 2. The lowest BCUT2D eigenvalue weighted by Crippen LogP contribution is -2.18. The van der Waals surface area contributed by atoms with Crippen molar-refractivity contribution in [3.05, 3.63) is 42.5 Å². The highest BCUT2D eigenvalue weighted by Crippen LogP contribution is 2.34. The van der Waals surface area contributed by atoms with Crippen LogP contribution in [0.15, 0.2) is 47.4 Å². The van der Waals surface area contributed by atoms with Gasteiger partial charge in [0.15, 0.2) is 0 Å². The summed E-state index contributed by atoms with van der Waals surface area (Å²) < 4.78 is 28.2. The molecule has 0 aliphatic carbocycles. The highest BCUT2D eigenvalue weighted by molar-refractivity contribution is 7.89. The van der Waals surface area contributed by atoms with Crippen molar-refractivity contribution in [2.24, 2.45) is 0 Å². The van der Waals surface area contributed by atoms with Gasteiger partial charge in [-0.15, -0.1) is 11.3 Å². The summed E-state index contributed by atoms with van der Waals surface area (Å²) in [7, 11) is -1.96. The van der Waals surface area contributed by atoms with E-state index in [2.05, 4.69) is 4.72 Å². The average Bonchev–Trinajstić information content (AvgIpc) is 2.76. The predicted molar refractivity (Wildman–Crippen MR) is 75.6 cm³/mol. The van der Waals surface area contributed by atoms with Gasteiger partial charge in [-0.2, -0.15) is 0 Å². The molecule has 3 nitrogen and oxygen atoms in total. The number of hydrogen-bond acceptors (Lipinski definition) is 3. The van der Waals surface area contributed by atoms with E-state index in [-0.39, 0.29) is 0 Å². The third-order valence-electron chi connectivity index (χ3n) is 2.93. The molecule has 92 valence electrons. The van der Waals surface area contributed by atoms with E-state index in [9.17, 15) is 8.42 Å². The second-order valence-electron chi connectivity index (χ2n) is 3.96. The minimum Gasteiger partial charge on any atom is -0.214 e. The number of thiophene rings is 1. The van der Waals surface area contributed by atoms with Crippen molar-refractivity contribution < 1.29 is 8.42 Å². The van der Waals surface area contributed by atoms with Gasteiger partial charge in [0, 0.05) is 20.2 Å². The third-order valence-corrected chi connectivity index (χ3v) is 5.49. The quantitative estimate of drug-likeness (QED) is 0.782. The molecule has 0 saturated carbocycles. The molecule has 0 aliphatic rings. The molecule has 0 saturated heterocycles. The van der Waals surface area contributed by atoms with Gasteiger partial charge in [-0.05, 0) is 31.3 Å². The summed E-state index contributed by atoms with van der Waals surface area (Å²) >= 11 is 1.67. The monoisotopic (exact) mass is 277 g/mol. The van der Waals surface area contributed by atoms with Crippen LogP contribution in [-0.4, -0.2) is 15.5 Å².